The van der Waals surface area contributed by atoms with Crippen LogP contribution in [-0.2, 0) is 16.1 Å². The molecule has 1 N–H and O–H groups in total. The van der Waals surface area contributed by atoms with Gasteiger partial charge in [0, 0.05) is 40.0 Å². The van der Waals surface area contributed by atoms with Crippen LogP contribution in [0.4, 0.5) is 11.4 Å². The SMILES string of the molecule is COCCCN(CCOC)c1ccc(CO)cc1[N+](=O)[O-]. The van der Waals surface area contributed by atoms with Crippen molar-refractivity contribution in [2.75, 3.05) is 45.4 Å². The van der Waals surface area contributed by atoms with Crippen LogP contribution in [0.15, 0.2) is 18.2 Å². The highest BCUT2D eigenvalue weighted by molar-refractivity contribution is 5.64. The number of anilines is 1. The van der Waals surface area contributed by atoms with Gasteiger partial charge < -0.3 is 19.5 Å². The van der Waals surface area contributed by atoms with E-state index in [1.807, 2.05) is 4.90 Å². The van der Waals surface area contributed by atoms with Crippen LogP contribution in [0.3, 0.4) is 0 Å². The Bertz CT molecular complexity index is 453. The van der Waals surface area contributed by atoms with Crippen molar-refractivity contribution in [3.8, 4) is 0 Å². The number of aliphatic hydroxyl groups is 1. The number of nitro benzene ring substituents is 1. The van der Waals surface area contributed by atoms with E-state index in [0.29, 0.717) is 37.6 Å². The first-order valence-electron chi connectivity index (χ1n) is 6.75. The monoisotopic (exact) mass is 298 g/mol. The molecule has 0 radical (unpaired) electrons. The summed E-state index contributed by atoms with van der Waals surface area (Å²) in [6.45, 7) is 2.04. The van der Waals surface area contributed by atoms with Crippen molar-refractivity contribution in [2.24, 2.45) is 0 Å². The molecule has 0 aromatic heterocycles. The fourth-order valence-electron chi connectivity index (χ4n) is 2.03. The molecule has 0 aliphatic rings. The van der Waals surface area contributed by atoms with Crippen LogP contribution >= 0.6 is 0 Å². The lowest BCUT2D eigenvalue weighted by Gasteiger charge is -2.24. The largest absolute Gasteiger partial charge is 0.392 e. The van der Waals surface area contributed by atoms with Crippen LogP contribution in [0.1, 0.15) is 12.0 Å². The fraction of sp³-hybridized carbons (Fsp3) is 0.571. The molecule has 0 fully saturated rings. The first kappa shape index (κ1) is 17.4. The van der Waals surface area contributed by atoms with Crippen LogP contribution in [0, 0.1) is 10.1 Å². The minimum Gasteiger partial charge on any atom is -0.392 e. The van der Waals surface area contributed by atoms with Gasteiger partial charge in [-0.2, -0.15) is 0 Å². The summed E-state index contributed by atoms with van der Waals surface area (Å²) in [7, 11) is 3.22. The number of benzene rings is 1. The van der Waals surface area contributed by atoms with E-state index < -0.39 is 4.92 Å². The average Bonchev–Trinajstić information content (AvgIpc) is 2.50. The van der Waals surface area contributed by atoms with Gasteiger partial charge in [-0.15, -0.1) is 0 Å². The molecule has 0 aliphatic heterocycles. The van der Waals surface area contributed by atoms with Crippen molar-refractivity contribution in [1.82, 2.24) is 0 Å². The lowest BCUT2D eigenvalue weighted by atomic mass is 10.1. The van der Waals surface area contributed by atoms with E-state index in [4.69, 9.17) is 14.6 Å². The summed E-state index contributed by atoms with van der Waals surface area (Å²) in [5.41, 5.74) is 1.05. The Morgan fingerprint density at radius 2 is 1.95 bits per heavy atom. The van der Waals surface area contributed by atoms with Gasteiger partial charge in [-0.25, -0.2) is 0 Å². The maximum absolute atomic E-state index is 11.2. The molecule has 0 spiro atoms. The summed E-state index contributed by atoms with van der Waals surface area (Å²) in [4.78, 5) is 12.7. The maximum atomic E-state index is 11.2. The standard InChI is InChI=1S/C14H22N2O5/c1-20-8-3-6-15(7-9-21-2)13-5-4-12(11-17)10-14(13)16(18)19/h4-5,10,17H,3,6-9,11H2,1-2H3. The summed E-state index contributed by atoms with van der Waals surface area (Å²) in [6.07, 6.45) is 0.763. The van der Waals surface area contributed by atoms with E-state index in [-0.39, 0.29) is 12.3 Å². The van der Waals surface area contributed by atoms with E-state index >= 15 is 0 Å². The first-order chi connectivity index (χ1) is 10.1. The summed E-state index contributed by atoms with van der Waals surface area (Å²) < 4.78 is 10.1. The summed E-state index contributed by atoms with van der Waals surface area (Å²) >= 11 is 0. The zero-order valence-corrected chi connectivity index (χ0v) is 12.4. The van der Waals surface area contributed by atoms with E-state index in [1.165, 1.54) is 6.07 Å². The van der Waals surface area contributed by atoms with Crippen LogP contribution in [0.5, 0.6) is 0 Å². The van der Waals surface area contributed by atoms with Crippen molar-refractivity contribution in [3.63, 3.8) is 0 Å². The van der Waals surface area contributed by atoms with Gasteiger partial charge in [0.1, 0.15) is 5.69 Å². The molecule has 0 amide bonds. The molecule has 7 heteroatoms. The first-order valence-corrected chi connectivity index (χ1v) is 6.75. The van der Waals surface area contributed by atoms with Gasteiger partial charge in [-0.05, 0) is 18.1 Å². The molecule has 0 heterocycles. The highest BCUT2D eigenvalue weighted by Gasteiger charge is 2.19. The van der Waals surface area contributed by atoms with Gasteiger partial charge in [-0.3, -0.25) is 10.1 Å². The van der Waals surface area contributed by atoms with Gasteiger partial charge >= 0.3 is 0 Å². The number of hydrogen-bond donors (Lipinski definition) is 1. The summed E-state index contributed by atoms with van der Waals surface area (Å²) in [5.74, 6) is 0. The van der Waals surface area contributed by atoms with E-state index in [0.717, 1.165) is 6.42 Å². The molecule has 1 aromatic carbocycles. The highest BCUT2D eigenvalue weighted by Crippen LogP contribution is 2.29. The van der Waals surface area contributed by atoms with Crippen molar-refractivity contribution in [2.45, 2.75) is 13.0 Å². The minimum atomic E-state index is -0.426. The minimum absolute atomic E-state index is 0.00456. The highest BCUT2D eigenvalue weighted by atomic mass is 16.6. The number of nitrogens with zero attached hydrogens (tertiary/aromatic N) is 2. The van der Waals surface area contributed by atoms with Crippen LogP contribution < -0.4 is 4.90 Å². The second-order valence-electron chi connectivity index (χ2n) is 4.56. The molecule has 0 saturated heterocycles. The Morgan fingerprint density at radius 1 is 1.24 bits per heavy atom. The molecule has 0 aliphatic carbocycles. The van der Waals surface area contributed by atoms with E-state index in [9.17, 15) is 10.1 Å². The lowest BCUT2D eigenvalue weighted by molar-refractivity contribution is -0.384. The molecule has 118 valence electrons. The van der Waals surface area contributed by atoms with Crippen molar-refractivity contribution < 1.29 is 19.5 Å². The predicted octanol–water partition coefficient (Wildman–Crippen LogP) is 1.58. The van der Waals surface area contributed by atoms with Crippen LogP contribution in [0.2, 0.25) is 0 Å². The zero-order valence-electron chi connectivity index (χ0n) is 12.4. The molecular formula is C14H22N2O5. The number of aliphatic hydroxyl groups excluding tert-OH is 1. The Labute approximate surface area is 124 Å². The maximum Gasteiger partial charge on any atom is 0.292 e. The second kappa shape index (κ2) is 9.28. The average molecular weight is 298 g/mol. The molecule has 1 aromatic rings. The Kier molecular flexibility index (Phi) is 7.66. The van der Waals surface area contributed by atoms with Gasteiger partial charge in [-0.1, -0.05) is 6.07 Å². The van der Waals surface area contributed by atoms with E-state index in [2.05, 4.69) is 0 Å². The number of ether oxygens (including phenoxy) is 2. The predicted molar refractivity (Wildman–Crippen MR) is 79.6 cm³/mol. The molecule has 1 rings (SSSR count). The Balaban J connectivity index is 3.00. The third-order valence-electron chi connectivity index (χ3n) is 3.10. The van der Waals surface area contributed by atoms with E-state index in [1.54, 1.807) is 26.4 Å². The Morgan fingerprint density at radius 3 is 2.52 bits per heavy atom. The smallest absolute Gasteiger partial charge is 0.292 e. The van der Waals surface area contributed by atoms with Crippen molar-refractivity contribution >= 4 is 11.4 Å². The third-order valence-corrected chi connectivity index (χ3v) is 3.10. The normalized spacial score (nSPS) is 10.6. The van der Waals surface area contributed by atoms with Crippen LogP contribution in [0.25, 0.3) is 0 Å². The Hall–Kier alpha value is -1.70. The van der Waals surface area contributed by atoms with Crippen molar-refractivity contribution in [3.05, 3.63) is 33.9 Å². The molecular weight excluding hydrogens is 276 g/mol. The van der Waals surface area contributed by atoms with Gasteiger partial charge in [0.15, 0.2) is 0 Å². The fourth-order valence-corrected chi connectivity index (χ4v) is 2.03. The molecule has 0 unspecified atom stereocenters. The van der Waals surface area contributed by atoms with Gasteiger partial charge in [0.25, 0.3) is 5.69 Å². The topological polar surface area (TPSA) is 85.1 Å². The number of hydrogen-bond acceptors (Lipinski definition) is 6. The second-order valence-corrected chi connectivity index (χ2v) is 4.56. The number of nitro groups is 1. The number of methoxy groups -OCH3 is 2. The summed E-state index contributed by atoms with van der Waals surface area (Å²) in [5, 5.41) is 20.4. The molecule has 0 atom stereocenters. The molecule has 0 bridgehead atoms. The molecule has 21 heavy (non-hydrogen) atoms. The molecule has 7 nitrogen and oxygen atoms in total. The number of rotatable bonds is 10. The zero-order chi connectivity index (χ0) is 15.7. The van der Waals surface area contributed by atoms with Crippen molar-refractivity contribution in [1.29, 1.82) is 0 Å². The van der Waals surface area contributed by atoms with Gasteiger partial charge in [0.05, 0.1) is 18.1 Å². The van der Waals surface area contributed by atoms with Crippen LogP contribution in [-0.4, -0.2) is 50.6 Å². The molecule has 0 saturated carbocycles. The van der Waals surface area contributed by atoms with Gasteiger partial charge in [0.2, 0.25) is 0 Å². The third kappa shape index (κ3) is 5.30. The summed E-state index contributed by atoms with van der Waals surface area (Å²) in [6, 6.07) is 4.77. The lowest BCUT2D eigenvalue weighted by Crippen LogP contribution is -2.29. The quantitative estimate of drug-likeness (QED) is 0.401.